The van der Waals surface area contributed by atoms with Gasteiger partial charge in [0.25, 0.3) is 0 Å². The number of ether oxygens (including phenoxy) is 2. The van der Waals surface area contributed by atoms with Crippen molar-refractivity contribution >= 4 is 5.91 Å². The lowest BCUT2D eigenvalue weighted by atomic mass is 9.99. The molecule has 0 radical (unpaired) electrons. The molecule has 3 aromatic carbocycles. The van der Waals surface area contributed by atoms with Crippen molar-refractivity contribution < 1.29 is 18.8 Å². The molecule has 0 fully saturated rings. The van der Waals surface area contributed by atoms with Gasteiger partial charge < -0.3 is 19.3 Å². The van der Waals surface area contributed by atoms with E-state index in [4.69, 9.17) is 14.0 Å². The van der Waals surface area contributed by atoms with Crippen LogP contribution in [0.25, 0.3) is 11.4 Å². The second-order valence-corrected chi connectivity index (χ2v) is 6.72. The number of carbonyl (C=O) groups excluding carboxylic acids is 1. The molecule has 0 bridgehead atoms. The molecule has 7 nitrogen and oxygen atoms in total. The molecule has 0 aliphatic heterocycles. The number of hydrogen-bond donors (Lipinski definition) is 1. The minimum atomic E-state index is -0.461. The van der Waals surface area contributed by atoms with Gasteiger partial charge in [0, 0.05) is 5.56 Å². The van der Waals surface area contributed by atoms with E-state index in [1.165, 1.54) is 0 Å². The molecule has 7 heteroatoms. The molecule has 31 heavy (non-hydrogen) atoms. The standard InChI is InChI=1S/C24H21N3O4/c1-29-19-14-13-18(15-20(19)30-2)22-26-24(31-27-22)23(28)25-21(16-9-5-3-6-10-16)17-11-7-4-8-12-17/h3-15,21H,1-2H3,(H,25,28). The van der Waals surface area contributed by atoms with Gasteiger partial charge in [-0.25, -0.2) is 0 Å². The normalized spacial score (nSPS) is 10.7. The van der Waals surface area contributed by atoms with Gasteiger partial charge >= 0.3 is 11.8 Å². The highest BCUT2D eigenvalue weighted by atomic mass is 16.5. The molecule has 1 aromatic heterocycles. The first-order valence-corrected chi connectivity index (χ1v) is 9.66. The SMILES string of the molecule is COc1ccc(-c2noc(C(=O)NC(c3ccccc3)c3ccccc3)n2)cc1OC. The van der Waals surface area contributed by atoms with Crippen LogP contribution in [-0.4, -0.2) is 30.3 Å². The highest BCUT2D eigenvalue weighted by Crippen LogP contribution is 2.31. The number of amides is 1. The van der Waals surface area contributed by atoms with E-state index in [9.17, 15) is 4.79 Å². The lowest BCUT2D eigenvalue weighted by Crippen LogP contribution is -2.29. The highest BCUT2D eigenvalue weighted by Gasteiger charge is 2.22. The third kappa shape index (κ3) is 4.40. The summed E-state index contributed by atoms with van der Waals surface area (Å²) in [5.41, 5.74) is 2.53. The highest BCUT2D eigenvalue weighted by molar-refractivity contribution is 5.90. The summed E-state index contributed by atoms with van der Waals surface area (Å²) in [6.07, 6.45) is 0. The van der Waals surface area contributed by atoms with Crippen LogP contribution in [0.1, 0.15) is 27.9 Å². The predicted molar refractivity (Wildman–Crippen MR) is 115 cm³/mol. The van der Waals surface area contributed by atoms with Crippen LogP contribution in [0, 0.1) is 0 Å². The molecule has 0 aliphatic carbocycles. The van der Waals surface area contributed by atoms with E-state index in [-0.39, 0.29) is 17.8 Å². The molecule has 0 unspecified atom stereocenters. The lowest BCUT2D eigenvalue weighted by Gasteiger charge is -2.18. The Morgan fingerprint density at radius 2 is 1.48 bits per heavy atom. The minimum absolute atomic E-state index is 0.123. The van der Waals surface area contributed by atoms with Gasteiger partial charge in [-0.3, -0.25) is 4.79 Å². The molecule has 1 amide bonds. The first kappa shape index (κ1) is 20.2. The summed E-state index contributed by atoms with van der Waals surface area (Å²) in [6.45, 7) is 0. The summed E-state index contributed by atoms with van der Waals surface area (Å²) in [7, 11) is 3.11. The Labute approximate surface area is 179 Å². The van der Waals surface area contributed by atoms with E-state index in [0.29, 0.717) is 17.1 Å². The zero-order chi connectivity index (χ0) is 21.6. The number of nitrogens with one attached hydrogen (secondary N) is 1. The van der Waals surface area contributed by atoms with Crippen LogP contribution in [0.4, 0.5) is 0 Å². The summed E-state index contributed by atoms with van der Waals surface area (Å²) in [4.78, 5) is 17.2. The zero-order valence-electron chi connectivity index (χ0n) is 17.1. The van der Waals surface area contributed by atoms with Gasteiger partial charge in [-0.2, -0.15) is 4.98 Å². The van der Waals surface area contributed by atoms with Crippen LogP contribution in [-0.2, 0) is 0 Å². The Bertz CT molecular complexity index is 1120. The Hall–Kier alpha value is -4.13. The van der Waals surface area contributed by atoms with Crippen molar-refractivity contribution in [3.8, 4) is 22.9 Å². The first-order chi connectivity index (χ1) is 15.2. The molecule has 4 aromatic rings. The minimum Gasteiger partial charge on any atom is -0.493 e. The summed E-state index contributed by atoms with van der Waals surface area (Å²) in [6, 6.07) is 24.3. The van der Waals surface area contributed by atoms with Gasteiger partial charge in [0.1, 0.15) is 0 Å². The van der Waals surface area contributed by atoms with Crippen molar-refractivity contribution in [2.45, 2.75) is 6.04 Å². The smallest absolute Gasteiger partial charge is 0.316 e. The molecular weight excluding hydrogens is 394 g/mol. The third-order valence-corrected chi connectivity index (χ3v) is 4.80. The zero-order valence-corrected chi connectivity index (χ0v) is 17.1. The Kier molecular flexibility index (Phi) is 5.93. The molecule has 0 saturated carbocycles. The fraction of sp³-hybridized carbons (Fsp3) is 0.125. The Morgan fingerprint density at radius 3 is 2.06 bits per heavy atom. The van der Waals surface area contributed by atoms with Crippen LogP contribution < -0.4 is 14.8 Å². The molecule has 1 heterocycles. The Balaban J connectivity index is 1.59. The topological polar surface area (TPSA) is 86.5 Å². The molecule has 0 saturated heterocycles. The maximum Gasteiger partial charge on any atom is 0.316 e. The van der Waals surface area contributed by atoms with E-state index >= 15 is 0 Å². The molecule has 0 atom stereocenters. The van der Waals surface area contributed by atoms with Gasteiger partial charge in [-0.15, -0.1) is 0 Å². The van der Waals surface area contributed by atoms with Crippen LogP contribution in [0.15, 0.2) is 83.4 Å². The van der Waals surface area contributed by atoms with Crippen molar-refractivity contribution in [1.82, 2.24) is 15.5 Å². The van der Waals surface area contributed by atoms with Crippen molar-refractivity contribution in [2.24, 2.45) is 0 Å². The number of carbonyl (C=O) groups is 1. The molecular formula is C24H21N3O4. The first-order valence-electron chi connectivity index (χ1n) is 9.66. The maximum absolute atomic E-state index is 12.9. The fourth-order valence-corrected chi connectivity index (χ4v) is 3.25. The number of hydrogen-bond acceptors (Lipinski definition) is 6. The van der Waals surface area contributed by atoms with E-state index < -0.39 is 5.91 Å². The number of benzene rings is 3. The van der Waals surface area contributed by atoms with Gasteiger partial charge in [-0.05, 0) is 29.3 Å². The van der Waals surface area contributed by atoms with Crippen molar-refractivity contribution in [3.05, 3.63) is 95.9 Å². The molecule has 1 N–H and O–H groups in total. The van der Waals surface area contributed by atoms with Crippen LogP contribution in [0.2, 0.25) is 0 Å². The number of rotatable bonds is 7. The average Bonchev–Trinajstić information content (AvgIpc) is 3.33. The summed E-state index contributed by atoms with van der Waals surface area (Å²) in [5.74, 6) is 0.811. The molecule has 0 aliphatic rings. The fourth-order valence-electron chi connectivity index (χ4n) is 3.25. The second-order valence-electron chi connectivity index (χ2n) is 6.72. The number of methoxy groups -OCH3 is 2. The second kappa shape index (κ2) is 9.13. The summed E-state index contributed by atoms with van der Waals surface area (Å²) >= 11 is 0. The molecule has 156 valence electrons. The van der Waals surface area contributed by atoms with Gasteiger partial charge in [0.2, 0.25) is 5.82 Å². The van der Waals surface area contributed by atoms with Crippen LogP contribution in [0.5, 0.6) is 11.5 Å². The Morgan fingerprint density at radius 1 is 0.871 bits per heavy atom. The molecule has 4 rings (SSSR count). The van der Waals surface area contributed by atoms with Crippen LogP contribution >= 0.6 is 0 Å². The predicted octanol–water partition coefficient (Wildman–Crippen LogP) is 4.27. The lowest BCUT2D eigenvalue weighted by molar-refractivity contribution is 0.0898. The van der Waals surface area contributed by atoms with Gasteiger partial charge in [-0.1, -0.05) is 65.8 Å². The monoisotopic (exact) mass is 415 g/mol. The van der Waals surface area contributed by atoms with E-state index in [0.717, 1.165) is 11.1 Å². The summed E-state index contributed by atoms with van der Waals surface area (Å²) in [5, 5.41) is 6.94. The van der Waals surface area contributed by atoms with Crippen molar-refractivity contribution in [3.63, 3.8) is 0 Å². The van der Waals surface area contributed by atoms with Crippen LogP contribution in [0.3, 0.4) is 0 Å². The van der Waals surface area contributed by atoms with Gasteiger partial charge in [0.15, 0.2) is 11.5 Å². The van der Waals surface area contributed by atoms with Gasteiger partial charge in [0.05, 0.1) is 20.3 Å². The number of aromatic nitrogens is 2. The van der Waals surface area contributed by atoms with Crippen molar-refractivity contribution in [1.29, 1.82) is 0 Å². The van der Waals surface area contributed by atoms with E-state index in [1.807, 2.05) is 60.7 Å². The van der Waals surface area contributed by atoms with E-state index in [2.05, 4.69) is 15.5 Å². The summed E-state index contributed by atoms with van der Waals surface area (Å²) < 4.78 is 15.8. The van der Waals surface area contributed by atoms with Crippen molar-refractivity contribution in [2.75, 3.05) is 14.2 Å². The van der Waals surface area contributed by atoms with E-state index in [1.54, 1.807) is 32.4 Å². The maximum atomic E-state index is 12.9. The third-order valence-electron chi connectivity index (χ3n) is 4.80. The quantitative estimate of drug-likeness (QED) is 0.485. The average molecular weight is 415 g/mol. The largest absolute Gasteiger partial charge is 0.493 e. The number of nitrogens with zero attached hydrogens (tertiary/aromatic N) is 2. The molecule has 0 spiro atoms.